The lowest BCUT2D eigenvalue weighted by atomic mass is 10.2. The molecule has 13 heavy (non-hydrogen) atoms. The normalized spacial score (nSPS) is 19.2. The SMILES string of the molecule is COC(=O)C(C)N1CCCNC1=O. The molecule has 74 valence electrons. The van der Waals surface area contributed by atoms with Crippen LogP contribution >= 0.6 is 0 Å². The largest absolute Gasteiger partial charge is 0.467 e. The van der Waals surface area contributed by atoms with Crippen molar-refractivity contribution in [1.29, 1.82) is 0 Å². The molecule has 5 heteroatoms. The summed E-state index contributed by atoms with van der Waals surface area (Å²) in [7, 11) is 1.32. The van der Waals surface area contributed by atoms with Crippen molar-refractivity contribution in [1.82, 2.24) is 10.2 Å². The Bertz CT molecular complexity index is 217. The zero-order valence-electron chi connectivity index (χ0n) is 7.87. The van der Waals surface area contributed by atoms with Gasteiger partial charge in [-0.1, -0.05) is 0 Å². The Balaban J connectivity index is 2.58. The van der Waals surface area contributed by atoms with E-state index in [-0.39, 0.29) is 12.0 Å². The lowest BCUT2D eigenvalue weighted by Crippen LogP contribution is -2.52. The minimum atomic E-state index is -0.495. The van der Waals surface area contributed by atoms with E-state index in [9.17, 15) is 9.59 Å². The molecule has 0 bridgehead atoms. The molecule has 2 amide bonds. The van der Waals surface area contributed by atoms with E-state index in [1.807, 2.05) is 0 Å². The zero-order valence-corrected chi connectivity index (χ0v) is 7.87. The highest BCUT2D eigenvalue weighted by molar-refractivity contribution is 5.83. The van der Waals surface area contributed by atoms with Gasteiger partial charge >= 0.3 is 12.0 Å². The molecule has 0 aromatic carbocycles. The van der Waals surface area contributed by atoms with Gasteiger partial charge in [-0.25, -0.2) is 9.59 Å². The van der Waals surface area contributed by atoms with Crippen LogP contribution in [0.3, 0.4) is 0 Å². The molecule has 0 radical (unpaired) electrons. The standard InChI is InChI=1S/C8H14N2O3/c1-6(7(11)13-2)10-5-3-4-9-8(10)12/h6H,3-5H2,1-2H3,(H,9,12). The fourth-order valence-electron chi connectivity index (χ4n) is 1.32. The zero-order chi connectivity index (χ0) is 9.84. The lowest BCUT2D eigenvalue weighted by Gasteiger charge is -2.31. The van der Waals surface area contributed by atoms with E-state index in [0.717, 1.165) is 6.42 Å². The van der Waals surface area contributed by atoms with E-state index in [0.29, 0.717) is 13.1 Å². The summed E-state index contributed by atoms with van der Waals surface area (Å²) in [6, 6.07) is -0.686. The number of urea groups is 1. The number of nitrogens with one attached hydrogen (secondary N) is 1. The van der Waals surface area contributed by atoms with Crippen LogP contribution in [0.5, 0.6) is 0 Å². The molecule has 0 aromatic heterocycles. The molecule has 0 aliphatic carbocycles. The second-order valence-electron chi connectivity index (χ2n) is 2.98. The average molecular weight is 186 g/mol. The fraction of sp³-hybridized carbons (Fsp3) is 0.750. The predicted octanol–water partition coefficient (Wildman–Crippen LogP) is -0.0368. The van der Waals surface area contributed by atoms with E-state index >= 15 is 0 Å². The topological polar surface area (TPSA) is 58.6 Å². The second kappa shape index (κ2) is 4.11. The van der Waals surface area contributed by atoms with E-state index in [1.54, 1.807) is 6.92 Å². The van der Waals surface area contributed by atoms with Crippen molar-refractivity contribution in [3.8, 4) is 0 Å². The molecule has 1 aliphatic heterocycles. The first-order valence-corrected chi connectivity index (χ1v) is 4.29. The molecule has 0 aromatic rings. The molecule has 1 N–H and O–H groups in total. The van der Waals surface area contributed by atoms with Gasteiger partial charge in [0, 0.05) is 13.1 Å². The molecule has 1 unspecified atom stereocenters. The Labute approximate surface area is 77.0 Å². The molecule has 0 saturated carbocycles. The number of nitrogens with zero attached hydrogens (tertiary/aromatic N) is 1. The van der Waals surface area contributed by atoms with Crippen molar-refractivity contribution in [3.63, 3.8) is 0 Å². The Hall–Kier alpha value is -1.26. The van der Waals surface area contributed by atoms with Crippen LogP contribution in [0.2, 0.25) is 0 Å². The van der Waals surface area contributed by atoms with Crippen LogP contribution in [-0.4, -0.2) is 43.1 Å². The Kier molecular flexibility index (Phi) is 3.11. The van der Waals surface area contributed by atoms with Gasteiger partial charge in [0.15, 0.2) is 0 Å². The number of rotatable bonds is 2. The number of ether oxygens (including phenoxy) is 1. The molecule has 1 aliphatic rings. The quantitative estimate of drug-likeness (QED) is 0.616. The maximum absolute atomic E-state index is 11.3. The van der Waals surface area contributed by atoms with Crippen molar-refractivity contribution in [2.75, 3.05) is 20.2 Å². The van der Waals surface area contributed by atoms with Crippen LogP contribution in [0.4, 0.5) is 4.79 Å². The molecular weight excluding hydrogens is 172 g/mol. The summed E-state index contributed by atoms with van der Waals surface area (Å²) in [5.41, 5.74) is 0. The minimum Gasteiger partial charge on any atom is -0.467 e. The molecule has 1 rings (SSSR count). The molecule has 1 fully saturated rings. The fourth-order valence-corrected chi connectivity index (χ4v) is 1.32. The highest BCUT2D eigenvalue weighted by Crippen LogP contribution is 2.06. The average Bonchev–Trinajstić information content (AvgIpc) is 2.16. The van der Waals surface area contributed by atoms with Crippen molar-refractivity contribution in [2.45, 2.75) is 19.4 Å². The summed E-state index contributed by atoms with van der Waals surface area (Å²) < 4.78 is 4.55. The molecule has 0 spiro atoms. The van der Waals surface area contributed by atoms with Crippen LogP contribution in [0, 0.1) is 0 Å². The number of hydrogen-bond donors (Lipinski definition) is 1. The van der Waals surface area contributed by atoms with Crippen molar-refractivity contribution in [3.05, 3.63) is 0 Å². The van der Waals surface area contributed by atoms with Crippen molar-refractivity contribution < 1.29 is 14.3 Å². The Morgan fingerprint density at radius 3 is 2.92 bits per heavy atom. The van der Waals surface area contributed by atoms with E-state index in [1.165, 1.54) is 12.0 Å². The number of carbonyl (C=O) groups excluding carboxylic acids is 2. The van der Waals surface area contributed by atoms with E-state index in [4.69, 9.17) is 0 Å². The number of amides is 2. The summed E-state index contributed by atoms with van der Waals surface area (Å²) in [5.74, 6) is -0.378. The van der Waals surface area contributed by atoms with Gasteiger partial charge in [-0.15, -0.1) is 0 Å². The number of esters is 1. The van der Waals surface area contributed by atoms with Crippen molar-refractivity contribution >= 4 is 12.0 Å². The molecule has 5 nitrogen and oxygen atoms in total. The van der Waals surface area contributed by atoms with E-state index < -0.39 is 6.04 Å². The maximum Gasteiger partial charge on any atom is 0.328 e. The summed E-state index contributed by atoms with van der Waals surface area (Å²) in [6.45, 7) is 2.96. The predicted molar refractivity (Wildman–Crippen MR) is 46.2 cm³/mol. The first-order chi connectivity index (χ1) is 6.16. The summed E-state index contributed by atoms with van der Waals surface area (Å²) in [4.78, 5) is 23.9. The Morgan fingerprint density at radius 1 is 1.69 bits per heavy atom. The van der Waals surface area contributed by atoms with Crippen LogP contribution in [0.15, 0.2) is 0 Å². The monoisotopic (exact) mass is 186 g/mol. The van der Waals surface area contributed by atoms with Gasteiger partial charge in [0.05, 0.1) is 7.11 Å². The van der Waals surface area contributed by atoms with Crippen LogP contribution in [0.1, 0.15) is 13.3 Å². The highest BCUT2D eigenvalue weighted by Gasteiger charge is 2.27. The third-order valence-electron chi connectivity index (χ3n) is 2.12. The first kappa shape index (κ1) is 9.83. The third kappa shape index (κ3) is 2.11. The van der Waals surface area contributed by atoms with Gasteiger partial charge in [-0.3, -0.25) is 0 Å². The smallest absolute Gasteiger partial charge is 0.328 e. The van der Waals surface area contributed by atoms with Gasteiger partial charge in [0.25, 0.3) is 0 Å². The lowest BCUT2D eigenvalue weighted by molar-refractivity contribution is -0.145. The second-order valence-corrected chi connectivity index (χ2v) is 2.98. The number of methoxy groups -OCH3 is 1. The molecule has 1 saturated heterocycles. The van der Waals surface area contributed by atoms with Crippen molar-refractivity contribution in [2.24, 2.45) is 0 Å². The van der Waals surface area contributed by atoms with Gasteiger partial charge < -0.3 is 15.0 Å². The third-order valence-corrected chi connectivity index (χ3v) is 2.12. The number of carbonyl (C=O) groups is 2. The summed E-state index contributed by atoms with van der Waals surface area (Å²) in [5, 5.41) is 2.67. The Morgan fingerprint density at radius 2 is 2.38 bits per heavy atom. The van der Waals surface area contributed by atoms with Crippen LogP contribution < -0.4 is 5.32 Å². The molecule has 1 atom stereocenters. The van der Waals surface area contributed by atoms with Crippen LogP contribution in [-0.2, 0) is 9.53 Å². The minimum absolute atomic E-state index is 0.191. The summed E-state index contributed by atoms with van der Waals surface area (Å²) >= 11 is 0. The summed E-state index contributed by atoms with van der Waals surface area (Å²) in [6.07, 6.45) is 0.868. The number of hydrogen-bond acceptors (Lipinski definition) is 3. The van der Waals surface area contributed by atoms with Gasteiger partial charge in [0.2, 0.25) is 0 Å². The van der Waals surface area contributed by atoms with Gasteiger partial charge in [-0.05, 0) is 13.3 Å². The maximum atomic E-state index is 11.3. The first-order valence-electron chi connectivity index (χ1n) is 4.29. The highest BCUT2D eigenvalue weighted by atomic mass is 16.5. The van der Waals surface area contributed by atoms with Gasteiger partial charge in [-0.2, -0.15) is 0 Å². The molecular formula is C8H14N2O3. The van der Waals surface area contributed by atoms with E-state index in [2.05, 4.69) is 10.1 Å². The van der Waals surface area contributed by atoms with Crippen LogP contribution in [0.25, 0.3) is 0 Å². The van der Waals surface area contributed by atoms with Gasteiger partial charge in [0.1, 0.15) is 6.04 Å². The molecule has 1 heterocycles.